The summed E-state index contributed by atoms with van der Waals surface area (Å²) in [6.45, 7) is 1.90. The fraction of sp³-hybridized carbons (Fsp3) is 0.208. The average molecular weight is 442 g/mol. The van der Waals surface area contributed by atoms with Gasteiger partial charge in [-0.1, -0.05) is 42.5 Å². The average Bonchev–Trinajstić information content (AvgIpc) is 3.34. The molecule has 0 unspecified atom stereocenters. The van der Waals surface area contributed by atoms with E-state index in [1.807, 2.05) is 6.07 Å². The molecule has 8 heteroatoms. The minimum atomic E-state index is -4.23. The molecule has 0 aromatic heterocycles. The Bertz CT molecular complexity index is 1060. The van der Waals surface area contributed by atoms with Gasteiger partial charge < -0.3 is 4.90 Å². The molecule has 5 nitrogen and oxygen atoms in total. The van der Waals surface area contributed by atoms with Crippen molar-refractivity contribution in [3.63, 3.8) is 0 Å². The van der Waals surface area contributed by atoms with Crippen LogP contribution in [-0.4, -0.2) is 23.8 Å². The highest BCUT2D eigenvalue weighted by Crippen LogP contribution is 2.31. The second-order valence-corrected chi connectivity index (χ2v) is 7.24. The summed E-state index contributed by atoms with van der Waals surface area (Å²) < 4.78 is 36.8. The van der Waals surface area contributed by atoms with Crippen LogP contribution in [-0.2, 0) is 6.18 Å². The van der Waals surface area contributed by atoms with Gasteiger partial charge in [0.15, 0.2) is 5.78 Å². The number of hydrogen-bond acceptors (Lipinski definition) is 4. The zero-order valence-corrected chi connectivity index (χ0v) is 17.1. The maximum atomic E-state index is 12.3. The number of rotatable bonds is 4. The Hall–Kier alpha value is -3.68. The second kappa shape index (κ2) is 10.1. The van der Waals surface area contributed by atoms with Crippen LogP contribution >= 0.6 is 0 Å². The fourth-order valence-electron chi connectivity index (χ4n) is 3.35. The number of non-ortho nitro benzene ring substituents is 1. The molecule has 1 aliphatic heterocycles. The molecule has 3 aromatic rings. The van der Waals surface area contributed by atoms with Crippen LogP contribution in [0.3, 0.4) is 0 Å². The minimum absolute atomic E-state index is 0.0771. The summed E-state index contributed by atoms with van der Waals surface area (Å²) in [5.74, 6) is -0.214. The molecule has 0 spiro atoms. The third kappa shape index (κ3) is 5.94. The Labute approximate surface area is 183 Å². The van der Waals surface area contributed by atoms with E-state index < -0.39 is 16.7 Å². The molecule has 4 rings (SSSR count). The second-order valence-electron chi connectivity index (χ2n) is 7.24. The monoisotopic (exact) mass is 442 g/mol. The van der Waals surface area contributed by atoms with Gasteiger partial charge in [0.05, 0.1) is 10.5 Å². The number of benzene rings is 3. The highest BCUT2D eigenvalue weighted by atomic mass is 19.4. The largest absolute Gasteiger partial charge is 0.416 e. The Kier molecular flexibility index (Phi) is 7.25. The van der Waals surface area contributed by atoms with Crippen molar-refractivity contribution in [3.8, 4) is 0 Å². The van der Waals surface area contributed by atoms with Crippen molar-refractivity contribution in [2.24, 2.45) is 0 Å². The summed E-state index contributed by atoms with van der Waals surface area (Å²) in [5.41, 5.74) is 1.08. The van der Waals surface area contributed by atoms with E-state index in [4.69, 9.17) is 0 Å². The molecule has 32 heavy (non-hydrogen) atoms. The van der Waals surface area contributed by atoms with E-state index in [9.17, 15) is 28.1 Å². The molecule has 1 saturated heterocycles. The molecule has 0 amide bonds. The molecule has 0 saturated carbocycles. The van der Waals surface area contributed by atoms with Crippen molar-refractivity contribution in [1.82, 2.24) is 0 Å². The van der Waals surface area contributed by atoms with E-state index >= 15 is 0 Å². The SMILES string of the molecule is FC(F)(F)c1ccc(N2CCCC2)cc1.O=C(c1ccccc1)c1cccc([N+](=O)[O-])c1. The quantitative estimate of drug-likeness (QED) is 0.277. The van der Waals surface area contributed by atoms with Crippen LogP contribution in [0.25, 0.3) is 0 Å². The molecule has 1 heterocycles. The van der Waals surface area contributed by atoms with E-state index in [0.717, 1.165) is 43.8 Å². The van der Waals surface area contributed by atoms with Crippen LogP contribution in [0.4, 0.5) is 24.5 Å². The van der Waals surface area contributed by atoms with Gasteiger partial charge in [0, 0.05) is 42.0 Å². The first-order chi connectivity index (χ1) is 15.3. The van der Waals surface area contributed by atoms with Gasteiger partial charge in [0.1, 0.15) is 0 Å². The number of nitrogens with zero attached hydrogens (tertiary/aromatic N) is 2. The molecule has 1 fully saturated rings. The highest BCUT2D eigenvalue weighted by Gasteiger charge is 2.30. The first-order valence-corrected chi connectivity index (χ1v) is 10.0. The maximum Gasteiger partial charge on any atom is 0.416 e. The zero-order chi connectivity index (χ0) is 23.1. The van der Waals surface area contributed by atoms with Gasteiger partial charge >= 0.3 is 6.18 Å². The van der Waals surface area contributed by atoms with Gasteiger partial charge in [-0.25, -0.2) is 0 Å². The van der Waals surface area contributed by atoms with Gasteiger partial charge in [-0.2, -0.15) is 13.2 Å². The van der Waals surface area contributed by atoms with E-state index in [2.05, 4.69) is 4.90 Å². The lowest BCUT2D eigenvalue weighted by Gasteiger charge is -2.18. The van der Waals surface area contributed by atoms with Crippen molar-refractivity contribution in [2.75, 3.05) is 18.0 Å². The summed E-state index contributed by atoms with van der Waals surface area (Å²) in [7, 11) is 0. The van der Waals surface area contributed by atoms with Gasteiger partial charge in [-0.15, -0.1) is 0 Å². The maximum absolute atomic E-state index is 12.3. The predicted octanol–water partition coefficient (Wildman–Crippen LogP) is 6.13. The van der Waals surface area contributed by atoms with E-state index in [0.29, 0.717) is 11.1 Å². The van der Waals surface area contributed by atoms with Crippen LogP contribution < -0.4 is 4.90 Å². The number of carbonyl (C=O) groups excluding carboxylic acids is 1. The third-order valence-electron chi connectivity index (χ3n) is 5.02. The standard InChI is InChI=1S/C13H9NO3.C11H12F3N/c15-13(10-5-2-1-3-6-10)11-7-4-8-12(9-11)14(16)17;12-11(13,14)9-3-5-10(6-4-9)15-7-1-2-8-15/h1-9H;3-6H,1-2,7-8H2. The summed E-state index contributed by atoms with van der Waals surface area (Å²) in [6.07, 6.45) is -1.98. The molecular formula is C24H21F3N2O3. The molecule has 0 bridgehead atoms. The number of alkyl halides is 3. The van der Waals surface area contributed by atoms with Crippen LogP contribution in [0, 0.1) is 10.1 Å². The number of nitro benzene ring substituents is 1. The summed E-state index contributed by atoms with van der Waals surface area (Å²) in [5, 5.41) is 10.6. The predicted molar refractivity (Wildman–Crippen MR) is 116 cm³/mol. The van der Waals surface area contributed by atoms with E-state index in [-0.39, 0.29) is 11.5 Å². The van der Waals surface area contributed by atoms with E-state index in [1.54, 1.807) is 42.5 Å². The van der Waals surface area contributed by atoms with Gasteiger partial charge in [0.2, 0.25) is 0 Å². The highest BCUT2D eigenvalue weighted by molar-refractivity contribution is 6.09. The van der Waals surface area contributed by atoms with Crippen molar-refractivity contribution >= 4 is 17.2 Å². The molecule has 1 aliphatic rings. The first kappa shape index (κ1) is 23.0. The van der Waals surface area contributed by atoms with Crippen molar-refractivity contribution in [3.05, 3.63) is 106 Å². The van der Waals surface area contributed by atoms with Crippen LogP contribution in [0.1, 0.15) is 34.3 Å². The number of carbonyl (C=O) groups is 1. The number of halogens is 3. The van der Waals surface area contributed by atoms with Crippen LogP contribution in [0.5, 0.6) is 0 Å². The Morgan fingerprint density at radius 1 is 0.844 bits per heavy atom. The van der Waals surface area contributed by atoms with E-state index in [1.165, 1.54) is 18.2 Å². The van der Waals surface area contributed by atoms with Gasteiger partial charge in [-0.05, 0) is 37.1 Å². The first-order valence-electron chi connectivity index (χ1n) is 10.0. The van der Waals surface area contributed by atoms with Crippen LogP contribution in [0.2, 0.25) is 0 Å². The molecule has 0 radical (unpaired) electrons. The lowest BCUT2D eigenvalue weighted by atomic mass is 10.0. The topological polar surface area (TPSA) is 63.5 Å². The Morgan fingerprint density at radius 3 is 2.00 bits per heavy atom. The summed E-state index contributed by atoms with van der Waals surface area (Å²) >= 11 is 0. The molecule has 0 N–H and O–H groups in total. The van der Waals surface area contributed by atoms with Crippen molar-refractivity contribution in [2.45, 2.75) is 19.0 Å². The number of ketones is 1. The number of hydrogen-bond donors (Lipinski definition) is 0. The fourth-order valence-corrected chi connectivity index (χ4v) is 3.35. The van der Waals surface area contributed by atoms with Gasteiger partial charge in [-0.3, -0.25) is 14.9 Å². The lowest BCUT2D eigenvalue weighted by molar-refractivity contribution is -0.384. The normalized spacial score (nSPS) is 13.3. The minimum Gasteiger partial charge on any atom is -0.372 e. The molecule has 166 valence electrons. The third-order valence-corrected chi connectivity index (χ3v) is 5.02. The molecular weight excluding hydrogens is 421 g/mol. The smallest absolute Gasteiger partial charge is 0.372 e. The van der Waals surface area contributed by atoms with Crippen molar-refractivity contribution < 1.29 is 22.9 Å². The molecule has 3 aromatic carbocycles. The summed E-state index contributed by atoms with van der Waals surface area (Å²) in [6, 6.07) is 19.8. The molecule has 0 aliphatic carbocycles. The lowest BCUT2D eigenvalue weighted by Crippen LogP contribution is -2.17. The van der Waals surface area contributed by atoms with Gasteiger partial charge in [0.25, 0.3) is 5.69 Å². The number of anilines is 1. The number of nitro groups is 1. The summed E-state index contributed by atoms with van der Waals surface area (Å²) in [4.78, 5) is 24.2. The Morgan fingerprint density at radius 2 is 1.44 bits per heavy atom. The van der Waals surface area contributed by atoms with Crippen molar-refractivity contribution in [1.29, 1.82) is 0 Å². The molecule has 0 atom stereocenters. The zero-order valence-electron chi connectivity index (χ0n) is 17.1. The Balaban J connectivity index is 0.000000182. The van der Waals surface area contributed by atoms with Crippen LogP contribution in [0.15, 0.2) is 78.9 Å².